The lowest BCUT2D eigenvalue weighted by Crippen LogP contribution is -2.42. The van der Waals surface area contributed by atoms with Crippen molar-refractivity contribution in [3.8, 4) is 0 Å². The Bertz CT molecular complexity index is 759. The highest BCUT2D eigenvalue weighted by atomic mass is 127. The van der Waals surface area contributed by atoms with Gasteiger partial charge in [-0.3, -0.25) is 9.67 Å². The van der Waals surface area contributed by atoms with E-state index in [0.717, 1.165) is 44.9 Å². The largest absolute Gasteiger partial charge is 0.373 e. The third-order valence-electron chi connectivity index (χ3n) is 5.30. The van der Waals surface area contributed by atoms with Crippen LogP contribution in [0.4, 0.5) is 0 Å². The number of guanidine groups is 1. The Morgan fingerprint density at radius 3 is 2.76 bits per heavy atom. The number of rotatable bonds is 7. The van der Waals surface area contributed by atoms with Crippen molar-refractivity contribution in [1.29, 1.82) is 0 Å². The fourth-order valence-corrected chi connectivity index (χ4v) is 3.73. The molecule has 2 unspecified atom stereocenters. The predicted octanol–water partition coefficient (Wildman–Crippen LogP) is 3.61. The number of aliphatic imine (C=N–C) groups is 1. The van der Waals surface area contributed by atoms with Crippen LogP contribution in [0.25, 0.3) is 0 Å². The molecule has 1 saturated heterocycles. The first-order valence-corrected chi connectivity index (χ1v) is 10.3. The molecule has 160 valence electrons. The first-order valence-electron chi connectivity index (χ1n) is 10.3. The Hall–Kier alpha value is -1.61. The molecular formula is C22H34IN5O. The number of nitrogens with zero attached hydrogens (tertiary/aromatic N) is 3. The van der Waals surface area contributed by atoms with E-state index in [9.17, 15) is 0 Å². The average molecular weight is 511 g/mol. The van der Waals surface area contributed by atoms with Crippen LogP contribution < -0.4 is 10.6 Å². The third-order valence-corrected chi connectivity index (χ3v) is 5.30. The second kappa shape index (κ2) is 12.2. The molecule has 3 rings (SSSR count). The maximum atomic E-state index is 6.12. The standard InChI is InChI=1S/C22H33N5O.HI/c1-17-8-10-19(11-9-17)21-20(7-5-13-28-21)15-25-22(23-2)24-12-4-6-18-14-26-27(3)16-18;/h8-11,14,16,20-21H,4-7,12-13,15H2,1-3H3,(H2,23,24,25);1H. The van der Waals surface area contributed by atoms with E-state index in [0.29, 0.717) is 5.92 Å². The smallest absolute Gasteiger partial charge is 0.190 e. The number of halogens is 1. The molecular weight excluding hydrogens is 477 g/mol. The number of hydrogen-bond donors (Lipinski definition) is 2. The van der Waals surface area contributed by atoms with Crippen LogP contribution in [0.15, 0.2) is 41.7 Å². The van der Waals surface area contributed by atoms with E-state index in [1.165, 1.54) is 23.1 Å². The minimum Gasteiger partial charge on any atom is -0.373 e. The first-order chi connectivity index (χ1) is 13.7. The van der Waals surface area contributed by atoms with Crippen LogP contribution in [0.3, 0.4) is 0 Å². The van der Waals surface area contributed by atoms with Gasteiger partial charge in [-0.05, 0) is 43.7 Å². The summed E-state index contributed by atoms with van der Waals surface area (Å²) in [6.07, 6.45) is 8.51. The monoisotopic (exact) mass is 511 g/mol. The van der Waals surface area contributed by atoms with E-state index in [1.54, 1.807) is 0 Å². The molecule has 0 amide bonds. The Kier molecular flexibility index (Phi) is 9.93. The molecule has 1 aliphatic rings. The zero-order valence-electron chi connectivity index (χ0n) is 17.7. The van der Waals surface area contributed by atoms with Crippen molar-refractivity contribution in [2.24, 2.45) is 18.0 Å². The van der Waals surface area contributed by atoms with Gasteiger partial charge in [0.2, 0.25) is 0 Å². The number of nitrogens with one attached hydrogen (secondary N) is 2. The first kappa shape index (κ1) is 23.7. The second-order valence-corrected chi connectivity index (χ2v) is 7.61. The fraction of sp³-hybridized carbons (Fsp3) is 0.545. The van der Waals surface area contributed by atoms with E-state index >= 15 is 0 Å². The highest BCUT2D eigenvalue weighted by Crippen LogP contribution is 2.33. The van der Waals surface area contributed by atoms with Crippen molar-refractivity contribution in [3.63, 3.8) is 0 Å². The highest BCUT2D eigenvalue weighted by molar-refractivity contribution is 14.0. The van der Waals surface area contributed by atoms with Crippen LogP contribution in [-0.4, -0.2) is 42.5 Å². The lowest BCUT2D eigenvalue weighted by atomic mass is 9.89. The highest BCUT2D eigenvalue weighted by Gasteiger charge is 2.27. The van der Waals surface area contributed by atoms with Crippen molar-refractivity contribution in [1.82, 2.24) is 20.4 Å². The van der Waals surface area contributed by atoms with Crippen LogP contribution in [0.5, 0.6) is 0 Å². The molecule has 2 heterocycles. The third kappa shape index (κ3) is 7.29. The van der Waals surface area contributed by atoms with Gasteiger partial charge in [-0.25, -0.2) is 0 Å². The Morgan fingerprint density at radius 2 is 2.07 bits per heavy atom. The average Bonchev–Trinajstić information content (AvgIpc) is 3.13. The molecule has 2 N–H and O–H groups in total. The Balaban J connectivity index is 0.00000300. The maximum Gasteiger partial charge on any atom is 0.190 e. The maximum absolute atomic E-state index is 6.12. The van der Waals surface area contributed by atoms with Crippen LogP contribution in [0.1, 0.15) is 42.1 Å². The number of aromatic nitrogens is 2. The number of benzene rings is 1. The summed E-state index contributed by atoms with van der Waals surface area (Å²) in [5.41, 5.74) is 3.83. The van der Waals surface area contributed by atoms with Gasteiger partial charge < -0.3 is 15.4 Å². The summed E-state index contributed by atoms with van der Waals surface area (Å²) in [4.78, 5) is 4.37. The summed E-state index contributed by atoms with van der Waals surface area (Å²) in [5.74, 6) is 1.31. The van der Waals surface area contributed by atoms with Gasteiger partial charge in [-0.2, -0.15) is 5.10 Å². The SMILES string of the molecule is CN=C(NCCCc1cnn(C)c1)NCC1CCCOC1c1ccc(C)cc1.I. The van der Waals surface area contributed by atoms with E-state index in [4.69, 9.17) is 4.74 Å². The Morgan fingerprint density at radius 1 is 1.28 bits per heavy atom. The van der Waals surface area contributed by atoms with E-state index in [1.807, 2.05) is 25.0 Å². The van der Waals surface area contributed by atoms with Crippen LogP contribution >= 0.6 is 24.0 Å². The lowest BCUT2D eigenvalue weighted by molar-refractivity contribution is -0.0265. The van der Waals surface area contributed by atoms with Gasteiger partial charge in [0.05, 0.1) is 12.3 Å². The lowest BCUT2D eigenvalue weighted by Gasteiger charge is -2.32. The van der Waals surface area contributed by atoms with Gasteiger partial charge in [-0.15, -0.1) is 24.0 Å². The van der Waals surface area contributed by atoms with E-state index < -0.39 is 0 Å². The van der Waals surface area contributed by atoms with Gasteiger partial charge in [-0.1, -0.05) is 29.8 Å². The molecule has 0 spiro atoms. The van der Waals surface area contributed by atoms with Crippen molar-refractivity contribution < 1.29 is 4.74 Å². The summed E-state index contributed by atoms with van der Waals surface area (Å²) in [7, 11) is 3.78. The molecule has 0 aliphatic carbocycles. The van der Waals surface area contributed by atoms with Crippen molar-refractivity contribution >= 4 is 29.9 Å². The molecule has 1 aromatic carbocycles. The van der Waals surface area contributed by atoms with Crippen LogP contribution in [0.2, 0.25) is 0 Å². The zero-order valence-corrected chi connectivity index (χ0v) is 20.1. The van der Waals surface area contributed by atoms with Gasteiger partial charge in [0.15, 0.2) is 5.96 Å². The summed E-state index contributed by atoms with van der Waals surface area (Å²) < 4.78 is 7.97. The number of aryl methyl sites for hydroxylation is 3. The Labute approximate surface area is 191 Å². The molecule has 0 saturated carbocycles. The minimum absolute atomic E-state index is 0. The van der Waals surface area contributed by atoms with Crippen molar-refractivity contribution in [2.45, 2.75) is 38.7 Å². The summed E-state index contributed by atoms with van der Waals surface area (Å²) in [5, 5.41) is 11.1. The normalized spacial score (nSPS) is 19.5. The predicted molar refractivity (Wildman–Crippen MR) is 129 cm³/mol. The van der Waals surface area contributed by atoms with E-state index in [-0.39, 0.29) is 30.1 Å². The van der Waals surface area contributed by atoms with Crippen LogP contribution in [-0.2, 0) is 18.2 Å². The van der Waals surface area contributed by atoms with E-state index in [2.05, 4.69) is 58.1 Å². The zero-order chi connectivity index (χ0) is 19.8. The van der Waals surface area contributed by atoms with Crippen LogP contribution in [0, 0.1) is 12.8 Å². The molecule has 2 atom stereocenters. The summed E-state index contributed by atoms with van der Waals surface area (Å²) >= 11 is 0. The molecule has 2 aromatic rings. The number of hydrogen-bond acceptors (Lipinski definition) is 3. The summed E-state index contributed by atoms with van der Waals surface area (Å²) in [6.45, 7) is 4.71. The van der Waals surface area contributed by atoms with Crippen molar-refractivity contribution in [3.05, 3.63) is 53.3 Å². The molecule has 29 heavy (non-hydrogen) atoms. The molecule has 1 fully saturated rings. The van der Waals surface area contributed by atoms with Gasteiger partial charge in [0.25, 0.3) is 0 Å². The molecule has 0 radical (unpaired) electrons. The minimum atomic E-state index is 0. The second-order valence-electron chi connectivity index (χ2n) is 7.61. The van der Waals surface area contributed by atoms with Gasteiger partial charge in [0, 0.05) is 45.9 Å². The number of ether oxygens (including phenoxy) is 1. The quantitative estimate of drug-likeness (QED) is 0.258. The van der Waals surface area contributed by atoms with Gasteiger partial charge in [0.1, 0.15) is 0 Å². The van der Waals surface area contributed by atoms with Crippen molar-refractivity contribution in [2.75, 3.05) is 26.7 Å². The molecule has 7 heteroatoms. The van der Waals surface area contributed by atoms with Gasteiger partial charge >= 0.3 is 0 Å². The molecule has 6 nitrogen and oxygen atoms in total. The topological polar surface area (TPSA) is 63.5 Å². The molecule has 0 bridgehead atoms. The molecule has 1 aromatic heterocycles. The molecule has 1 aliphatic heterocycles. The summed E-state index contributed by atoms with van der Waals surface area (Å²) in [6, 6.07) is 8.73. The fourth-order valence-electron chi connectivity index (χ4n) is 3.73.